The molecule has 29 heteroatoms. The average Bonchev–Trinajstić information content (AvgIpc) is 4.47. The standard InChI is InChI=1S/C26H33FN10O3.C23H27FN10O2.C3H7IO/c1-15(38)14-40-22-10-18(27)19(11-21(22)37-25(39)35(5)33-34-37)31-24-29-13-20(28-4)23(32-24)30-16-9-17-7-6-8-36(17)26(2,3)12-16;1-23(2)11-14(8-15-6-5-7-32(15)23)28-21-18(25-3)12-26-22(30-21)29-17-10-19(20(35)9-16(17)24)33-13-27-31(4)34(33)36;1-3(5)2-4/h10-11,13,15-17,38H,6-9,12,14H2,1-3,5H3,(H2,29,30,31,32);9-10,12-15H,5-8,11H2,1-2,4H3,(H2-,26,28,29,30,35);3,5H,2H2,1H3/p+1/t15-,16-,17+;14-,15+;3-/m111/s1. The molecule has 81 heavy (non-hydrogen) atoms. The molecule has 0 bridgehead atoms. The third-order valence-electron chi connectivity index (χ3n) is 14.6. The molecule has 4 fully saturated rings. The highest BCUT2D eigenvalue weighted by Crippen LogP contribution is 2.42. The Labute approximate surface area is 479 Å². The zero-order valence-electron chi connectivity index (χ0n) is 46.3. The summed E-state index contributed by atoms with van der Waals surface area (Å²) in [5.74, 6) is -1.00. The Bertz CT molecular complexity index is 3430. The number of halogens is 3. The van der Waals surface area contributed by atoms with Gasteiger partial charge in [0.1, 0.15) is 41.1 Å². The molecule has 4 aliphatic heterocycles. The number of nitrogens with zero attached hydrogens (tertiary/aromatic N) is 16. The van der Waals surface area contributed by atoms with Gasteiger partial charge in [-0.15, -0.1) is 0 Å². The van der Waals surface area contributed by atoms with Crippen LogP contribution in [0.1, 0.15) is 92.9 Å². The van der Waals surface area contributed by atoms with Crippen molar-refractivity contribution >= 4 is 68.9 Å². The highest BCUT2D eigenvalue weighted by atomic mass is 127. The quantitative estimate of drug-likeness (QED) is 0.0203. The van der Waals surface area contributed by atoms with Gasteiger partial charge in [0.2, 0.25) is 23.3 Å². The molecule has 4 aromatic heterocycles. The molecule has 0 aliphatic carbocycles. The number of hydrogen-bond acceptors (Lipinski definition) is 19. The van der Waals surface area contributed by atoms with Gasteiger partial charge < -0.3 is 41.3 Å². The molecule has 2 aromatic carbocycles. The number of piperidine rings is 2. The molecule has 4 saturated heterocycles. The predicted molar refractivity (Wildman–Crippen MR) is 306 cm³/mol. The molecule has 0 spiro atoms. The number of phenols is 1. The Hall–Kier alpha value is -7.45. The number of aryl methyl sites for hydroxylation is 2. The summed E-state index contributed by atoms with van der Waals surface area (Å²) < 4.78 is 39.7. The summed E-state index contributed by atoms with van der Waals surface area (Å²) in [6, 6.07) is 5.82. The van der Waals surface area contributed by atoms with E-state index in [-0.39, 0.29) is 87.6 Å². The molecule has 0 unspecified atom stereocenters. The van der Waals surface area contributed by atoms with Crippen LogP contribution in [0.15, 0.2) is 47.8 Å². The van der Waals surface area contributed by atoms with E-state index in [0.717, 1.165) is 87.0 Å². The molecule has 10 rings (SSSR count). The molecule has 4 aliphatic rings. The second-order valence-corrected chi connectivity index (χ2v) is 22.8. The maximum Gasteiger partial charge on any atom is 0.368 e. The van der Waals surface area contributed by atoms with Crippen LogP contribution in [0.2, 0.25) is 0 Å². The van der Waals surface area contributed by atoms with Crippen LogP contribution >= 0.6 is 22.6 Å². The van der Waals surface area contributed by atoms with E-state index in [2.05, 4.69) is 127 Å². The lowest BCUT2D eigenvalue weighted by Crippen LogP contribution is -2.55. The SMILES string of the molecule is C[C@@H](O)CI.[C-]#[N+]c1cnc(Nc2cc(-n3cnn(C)[n+]3=O)c(O)cc2F)nc1N[C@@H]1C[C@@H]2CCCN2C(C)(C)C1.[C-]#[N+]c1cnc(Nc2cc(-n3nnn(C)c3=O)c(OC[C@@H](C)O)cc2F)nc1N[C@@H]1C[C@@H]2CCCN2C(C)(C)C1. The number of rotatable bonds is 14. The van der Waals surface area contributed by atoms with Gasteiger partial charge in [-0.25, -0.2) is 43.2 Å². The van der Waals surface area contributed by atoms with Crippen LogP contribution in [0.3, 0.4) is 0 Å². The number of benzene rings is 2. The molecule has 6 atom stereocenters. The summed E-state index contributed by atoms with van der Waals surface area (Å²) in [7, 11) is 2.87. The normalized spacial score (nSPS) is 20.6. The maximum atomic E-state index is 15.2. The second kappa shape index (κ2) is 25.1. The van der Waals surface area contributed by atoms with Gasteiger partial charge in [-0.2, -0.15) is 9.36 Å². The van der Waals surface area contributed by atoms with Crippen molar-refractivity contribution in [1.82, 2.24) is 64.1 Å². The van der Waals surface area contributed by atoms with Crippen molar-refractivity contribution in [3.8, 4) is 22.9 Å². The number of aromatic hydroxyl groups is 1. The molecule has 8 heterocycles. The Morgan fingerprint density at radius 1 is 0.815 bits per heavy atom. The highest BCUT2D eigenvalue weighted by Gasteiger charge is 2.44. The second-order valence-electron chi connectivity index (χ2n) is 21.9. The van der Waals surface area contributed by atoms with Gasteiger partial charge in [-0.05, 0) is 133 Å². The summed E-state index contributed by atoms with van der Waals surface area (Å²) in [4.78, 5) is 55.4. The van der Waals surface area contributed by atoms with Crippen LogP contribution in [0.4, 0.5) is 55.1 Å². The van der Waals surface area contributed by atoms with E-state index in [1.807, 2.05) is 0 Å². The van der Waals surface area contributed by atoms with Crippen LogP contribution in [-0.4, -0.2) is 151 Å². The minimum absolute atomic E-state index is 0.000882. The molecule has 6 aromatic rings. The number of nitrogens with one attached hydrogen (secondary N) is 4. The van der Waals surface area contributed by atoms with Gasteiger partial charge in [0.15, 0.2) is 16.3 Å². The molecular weight excluding hydrogens is 1170 g/mol. The number of ether oxygens (including phenoxy) is 1. The third-order valence-corrected chi connectivity index (χ3v) is 15.9. The average molecular weight is 1230 g/mol. The number of phenolic OH excluding ortho intramolecular Hbond substituents is 1. The number of alkyl halides is 1. The fourth-order valence-corrected chi connectivity index (χ4v) is 11.0. The summed E-state index contributed by atoms with van der Waals surface area (Å²) in [5, 5.41) is 52.1. The van der Waals surface area contributed by atoms with Crippen LogP contribution in [-0.2, 0) is 14.1 Å². The van der Waals surface area contributed by atoms with Gasteiger partial charge in [0.05, 0.1) is 48.9 Å². The monoisotopic (exact) mass is 1230 g/mol. The number of aromatic nitrogens is 12. The fourth-order valence-electron chi connectivity index (χ4n) is 11.0. The summed E-state index contributed by atoms with van der Waals surface area (Å²) in [6.07, 6.45) is 11.4. The van der Waals surface area contributed by atoms with Gasteiger partial charge in [0, 0.05) is 76.0 Å². The molecule has 432 valence electrons. The Balaban J connectivity index is 0.000000197. The first-order valence-corrected chi connectivity index (χ1v) is 28.1. The lowest BCUT2D eigenvalue weighted by atomic mass is 9.84. The van der Waals surface area contributed by atoms with Crippen molar-refractivity contribution < 1.29 is 33.5 Å². The van der Waals surface area contributed by atoms with E-state index >= 15 is 4.39 Å². The van der Waals surface area contributed by atoms with Crippen molar-refractivity contribution in [1.29, 1.82) is 0 Å². The zero-order valence-corrected chi connectivity index (χ0v) is 48.5. The summed E-state index contributed by atoms with van der Waals surface area (Å²) in [5.41, 5.74) is 0.0766. The zero-order chi connectivity index (χ0) is 58.5. The van der Waals surface area contributed by atoms with E-state index in [4.69, 9.17) is 23.0 Å². The number of hydrogen-bond donors (Lipinski definition) is 7. The molecular formula is C52H68F2IN20O6+. The van der Waals surface area contributed by atoms with Crippen molar-refractivity contribution in [2.24, 2.45) is 14.1 Å². The van der Waals surface area contributed by atoms with Crippen LogP contribution in [0, 0.1) is 29.7 Å². The Morgan fingerprint density at radius 3 is 1.77 bits per heavy atom. The number of aliphatic hydroxyl groups excluding tert-OH is 2. The van der Waals surface area contributed by atoms with Gasteiger partial charge in [-0.3, -0.25) is 9.80 Å². The number of tetrazole rings is 2. The topological polar surface area (TPSA) is 283 Å². The van der Waals surface area contributed by atoms with Crippen molar-refractivity contribution in [2.75, 3.05) is 45.4 Å². The molecule has 0 radical (unpaired) electrons. The molecule has 7 N–H and O–H groups in total. The number of fused-ring (bicyclic) bond motifs is 2. The van der Waals surface area contributed by atoms with Crippen LogP contribution < -0.4 is 36.4 Å². The largest absolute Gasteiger partial charge is 0.505 e. The van der Waals surface area contributed by atoms with Crippen molar-refractivity contribution in [3.63, 3.8) is 0 Å². The lowest BCUT2D eigenvalue weighted by Gasteiger charge is -2.48. The van der Waals surface area contributed by atoms with Crippen LogP contribution in [0.25, 0.3) is 21.1 Å². The minimum Gasteiger partial charge on any atom is -0.505 e. The van der Waals surface area contributed by atoms with Crippen molar-refractivity contribution in [3.05, 3.63) is 92.8 Å². The van der Waals surface area contributed by atoms with E-state index in [1.54, 1.807) is 6.92 Å². The smallest absolute Gasteiger partial charge is 0.368 e. The van der Waals surface area contributed by atoms with Gasteiger partial charge in [0.25, 0.3) is 6.33 Å². The first-order chi connectivity index (χ1) is 38.5. The predicted octanol–water partition coefficient (Wildman–Crippen LogP) is 6.44. The summed E-state index contributed by atoms with van der Waals surface area (Å²) >= 11 is 2.13. The Morgan fingerprint density at radius 2 is 1.32 bits per heavy atom. The molecule has 26 nitrogen and oxygen atoms in total. The van der Waals surface area contributed by atoms with Crippen molar-refractivity contribution in [2.45, 2.75) is 140 Å². The highest BCUT2D eigenvalue weighted by molar-refractivity contribution is 14.1. The minimum atomic E-state index is -0.820. The van der Waals surface area contributed by atoms with Gasteiger partial charge in [-0.1, -0.05) is 27.3 Å². The first-order valence-electron chi connectivity index (χ1n) is 26.5. The van der Waals surface area contributed by atoms with Gasteiger partial charge >= 0.3 is 5.69 Å². The van der Waals surface area contributed by atoms with Crippen LogP contribution in [0.5, 0.6) is 11.5 Å². The Kier molecular flexibility index (Phi) is 18.5. The number of anilines is 6. The first kappa shape index (κ1) is 59.7. The lowest BCUT2D eigenvalue weighted by molar-refractivity contribution is -0.672. The molecule has 0 saturated carbocycles. The van der Waals surface area contributed by atoms with E-state index in [0.29, 0.717) is 28.4 Å². The fraction of sp³-hybridized carbons (Fsp3) is 0.538. The number of aliphatic hydroxyl groups is 2. The van der Waals surface area contributed by atoms with E-state index in [9.17, 15) is 24.3 Å². The molecule has 0 amide bonds. The summed E-state index contributed by atoms with van der Waals surface area (Å²) in [6.45, 7) is 29.5. The van der Waals surface area contributed by atoms with E-state index in [1.165, 1.54) is 64.7 Å². The third kappa shape index (κ3) is 13.8. The van der Waals surface area contributed by atoms with E-state index < -0.39 is 29.2 Å². The maximum absolute atomic E-state index is 15.2.